The van der Waals surface area contributed by atoms with Gasteiger partial charge in [0.1, 0.15) is 7.01 Å². The highest BCUT2D eigenvalue weighted by atomic mass is 16.6. The second-order valence-electron chi connectivity index (χ2n) is 5.98. The monoisotopic (exact) mass is 289 g/mol. The molecule has 0 fully saturated rings. The predicted molar refractivity (Wildman–Crippen MR) is 80.8 cm³/mol. The van der Waals surface area contributed by atoms with E-state index in [0.717, 1.165) is 16.5 Å². The Morgan fingerprint density at radius 3 is 2.76 bits per heavy atom. The lowest BCUT2D eigenvalue weighted by molar-refractivity contribution is -0.162. The number of carbonyl (C=O) groups is 2. The zero-order valence-corrected chi connectivity index (χ0v) is 12.4. The van der Waals surface area contributed by atoms with Crippen LogP contribution in [0, 0.1) is 0 Å². The molecule has 0 saturated carbocycles. The number of nitrogens with two attached hydrogens (primary N) is 1. The van der Waals surface area contributed by atoms with Crippen LogP contribution in [0.1, 0.15) is 26.3 Å². The number of aromatic nitrogens is 1. The molecule has 0 unspecified atom stereocenters. The van der Waals surface area contributed by atoms with Crippen LogP contribution in [0.15, 0.2) is 30.5 Å². The molecule has 0 amide bonds. The summed E-state index contributed by atoms with van der Waals surface area (Å²) >= 11 is 0. The van der Waals surface area contributed by atoms with E-state index in [0.29, 0.717) is 0 Å². The fourth-order valence-corrected chi connectivity index (χ4v) is 2.08. The third-order valence-electron chi connectivity index (χ3n) is 3.02. The number of para-hydroxylation sites is 1. The number of hydrogen-bond donors (Lipinski definition) is 2. The van der Waals surface area contributed by atoms with Crippen LogP contribution in [-0.2, 0) is 20.7 Å². The van der Waals surface area contributed by atoms with Gasteiger partial charge in [-0.05, 0) is 38.8 Å². The first-order chi connectivity index (χ1) is 10.3. The first-order valence-corrected chi connectivity index (χ1v) is 6.81. The van der Waals surface area contributed by atoms with E-state index < -0.39 is 23.4 Å². The van der Waals surface area contributed by atoms with Gasteiger partial charge >= 0.3 is 5.97 Å². The molecule has 21 heavy (non-hydrogen) atoms. The molecule has 1 heterocycles. The lowest BCUT2D eigenvalue weighted by Gasteiger charge is -2.20. The number of esters is 1. The zero-order valence-electron chi connectivity index (χ0n) is 13.4. The Balaban J connectivity index is 2.15. The van der Waals surface area contributed by atoms with E-state index in [1.54, 1.807) is 27.0 Å². The van der Waals surface area contributed by atoms with Crippen molar-refractivity contribution in [3.05, 3.63) is 36.0 Å². The van der Waals surface area contributed by atoms with E-state index in [-0.39, 0.29) is 6.42 Å². The number of fused-ring (bicyclic) bond motifs is 1. The maximum Gasteiger partial charge on any atom is 0.376 e. The van der Waals surface area contributed by atoms with Crippen LogP contribution in [0.3, 0.4) is 0 Å². The molecule has 1 atom stereocenters. The Hall–Kier alpha value is -2.14. The first kappa shape index (κ1) is 13.8. The minimum absolute atomic E-state index is 0.242. The third kappa shape index (κ3) is 3.70. The molecule has 112 valence electrons. The summed E-state index contributed by atoms with van der Waals surface area (Å²) in [5, 5.41) is 0.972. The number of hydrogen-bond acceptors (Lipinski definition) is 4. The van der Waals surface area contributed by atoms with Crippen molar-refractivity contribution >= 4 is 22.7 Å². The number of ether oxygens (including phenoxy) is 1. The lowest BCUT2D eigenvalue weighted by atomic mass is 10.0. The molecular formula is C16H20N2O3. The van der Waals surface area contributed by atoms with Crippen LogP contribution in [0.25, 0.3) is 10.9 Å². The van der Waals surface area contributed by atoms with Crippen molar-refractivity contribution in [1.29, 1.82) is 0 Å². The standard InChI is InChI=1S/C16H20N2O3/c1-16(2,3)21-15(20)14(19)12(17)8-10-9-18-13-7-5-4-6-11(10)13/h4-7,9,12,18H,8,17H2,1-3H3/t12-/m0/s1/i/hD. The van der Waals surface area contributed by atoms with Gasteiger partial charge < -0.3 is 15.4 Å². The van der Waals surface area contributed by atoms with Gasteiger partial charge in [-0.2, -0.15) is 0 Å². The number of nitrogens with one attached hydrogen (secondary N) is 1. The average molecular weight is 289 g/mol. The number of H-pyrrole nitrogens is 1. The smallest absolute Gasteiger partial charge is 0.376 e. The van der Waals surface area contributed by atoms with E-state index in [4.69, 9.17) is 6.15 Å². The summed E-state index contributed by atoms with van der Waals surface area (Å²) in [6, 6.07) is 6.74. The number of carbonyl (C=O) groups excluding carboxylic acids is 2. The summed E-state index contributed by atoms with van der Waals surface area (Å²) in [5.41, 5.74) is 3.24. The van der Waals surface area contributed by atoms with Gasteiger partial charge in [0.25, 0.3) is 5.78 Å². The largest absolute Gasteiger partial charge is 0.454 e. The fourth-order valence-electron chi connectivity index (χ4n) is 2.08. The van der Waals surface area contributed by atoms with Crippen molar-refractivity contribution in [2.45, 2.75) is 38.8 Å². The Kier molecular flexibility index (Phi) is 3.75. The molecule has 0 radical (unpaired) electrons. The third-order valence-corrected chi connectivity index (χ3v) is 3.02. The molecule has 0 spiro atoms. The number of ketones is 1. The minimum atomic E-state index is -0.936. The van der Waals surface area contributed by atoms with E-state index in [2.05, 4.69) is 10.7 Å². The molecule has 0 aliphatic heterocycles. The highest BCUT2D eigenvalue weighted by Gasteiger charge is 2.28. The lowest BCUT2D eigenvalue weighted by Crippen LogP contribution is -2.41. The molecule has 2 aromatic rings. The Morgan fingerprint density at radius 1 is 1.38 bits per heavy atom. The van der Waals surface area contributed by atoms with Gasteiger partial charge in [0.2, 0.25) is 0 Å². The molecule has 1 aromatic carbocycles. The molecule has 0 saturated heterocycles. The summed E-state index contributed by atoms with van der Waals surface area (Å²) in [6.07, 6.45) is 2.03. The van der Waals surface area contributed by atoms with Gasteiger partial charge in [0.05, 0.1) is 6.04 Å². The van der Waals surface area contributed by atoms with E-state index >= 15 is 0 Å². The van der Waals surface area contributed by atoms with Crippen LogP contribution in [0.4, 0.5) is 0 Å². The number of benzene rings is 1. The Morgan fingerprint density at radius 2 is 2.10 bits per heavy atom. The van der Waals surface area contributed by atoms with Crippen molar-refractivity contribution in [2.75, 3.05) is 0 Å². The first-order valence-electron chi connectivity index (χ1n) is 7.31. The minimum Gasteiger partial charge on any atom is -0.454 e. The summed E-state index contributed by atoms with van der Waals surface area (Å²) in [6.45, 7) is 5.09. The van der Waals surface area contributed by atoms with Gasteiger partial charge in [-0.3, -0.25) is 4.79 Å². The van der Waals surface area contributed by atoms with Gasteiger partial charge in [0, 0.05) is 17.1 Å². The molecule has 5 heteroatoms. The van der Waals surface area contributed by atoms with Crippen molar-refractivity contribution < 1.29 is 15.7 Å². The summed E-state index contributed by atoms with van der Waals surface area (Å²) in [7, 11) is 0. The SMILES string of the molecule is [2H]N[C@@H](Cc1c[nH]c2ccccc12)C(=O)C(=O)OC(C)(C)C. The van der Waals surface area contributed by atoms with Crippen LogP contribution in [0.5, 0.6) is 0 Å². The fraction of sp³-hybridized carbons (Fsp3) is 0.375. The molecule has 1 aromatic heterocycles. The second kappa shape index (κ2) is 5.69. The highest BCUT2D eigenvalue weighted by Crippen LogP contribution is 2.19. The van der Waals surface area contributed by atoms with Crippen molar-refractivity contribution in [1.82, 2.24) is 4.98 Å². The van der Waals surface area contributed by atoms with E-state index in [1.165, 1.54) is 0 Å². The van der Waals surface area contributed by atoms with Crippen molar-refractivity contribution in [3.8, 4) is 0 Å². The van der Waals surface area contributed by atoms with Crippen LogP contribution in [0.2, 0.25) is 1.41 Å². The van der Waals surface area contributed by atoms with Crippen molar-refractivity contribution in [2.24, 2.45) is 5.73 Å². The normalized spacial score (nSPS) is 13.8. The Labute approximate surface area is 124 Å². The van der Waals surface area contributed by atoms with Gasteiger partial charge in [-0.1, -0.05) is 18.2 Å². The summed E-state index contributed by atoms with van der Waals surface area (Å²) in [4.78, 5) is 27.1. The van der Waals surface area contributed by atoms with Gasteiger partial charge in [0.15, 0.2) is 0 Å². The Bertz CT molecular complexity index is 688. The molecule has 5 nitrogen and oxygen atoms in total. The number of rotatable bonds is 5. The predicted octanol–water partition coefficient (Wildman–Crippen LogP) is 1.95. The average Bonchev–Trinajstić information content (AvgIpc) is 2.85. The molecule has 0 aliphatic carbocycles. The van der Waals surface area contributed by atoms with Crippen molar-refractivity contribution in [3.63, 3.8) is 0 Å². The second-order valence-corrected chi connectivity index (χ2v) is 5.98. The molecule has 2 rings (SSSR count). The number of aromatic amines is 1. The highest BCUT2D eigenvalue weighted by molar-refractivity contribution is 6.35. The van der Waals surface area contributed by atoms with E-state index in [9.17, 15) is 9.59 Å². The topological polar surface area (TPSA) is 85.2 Å². The maximum absolute atomic E-state index is 12.1. The van der Waals surface area contributed by atoms with Crippen LogP contribution in [-0.4, -0.2) is 28.4 Å². The summed E-state index contributed by atoms with van der Waals surface area (Å²) in [5.74, 6) is -1.66. The molecular weight excluding hydrogens is 268 g/mol. The number of Topliss-reactive ketones (excluding diaryl/α,β-unsaturated/α-hetero) is 1. The maximum atomic E-state index is 12.1. The molecule has 0 aliphatic rings. The molecule has 0 bridgehead atoms. The van der Waals surface area contributed by atoms with Crippen LogP contribution >= 0.6 is 0 Å². The van der Waals surface area contributed by atoms with Gasteiger partial charge in [-0.25, -0.2) is 4.79 Å². The van der Waals surface area contributed by atoms with E-state index in [1.807, 2.05) is 24.3 Å². The molecule has 3 N–H and O–H groups in total. The van der Waals surface area contributed by atoms with Gasteiger partial charge in [-0.15, -0.1) is 0 Å². The zero-order chi connectivity index (χ0) is 16.3. The quantitative estimate of drug-likeness (QED) is 0.650. The summed E-state index contributed by atoms with van der Waals surface area (Å²) < 4.78 is 12.4. The van der Waals surface area contributed by atoms with Crippen LogP contribution < -0.4 is 5.73 Å².